The van der Waals surface area contributed by atoms with Crippen LogP contribution in [0.5, 0.6) is 5.75 Å². The molecule has 1 amide bonds. The molecule has 0 saturated carbocycles. The molecule has 1 aliphatic rings. The number of benzene rings is 3. The molecule has 0 radical (unpaired) electrons. The summed E-state index contributed by atoms with van der Waals surface area (Å²) in [5.41, 5.74) is 2.26. The average Bonchev–Trinajstić information content (AvgIpc) is 2.67. The van der Waals surface area contributed by atoms with E-state index in [9.17, 15) is 4.79 Å². The van der Waals surface area contributed by atoms with Crippen LogP contribution in [0.15, 0.2) is 66.7 Å². The number of anilines is 1. The largest absolute Gasteiger partial charge is 0.477 e. The van der Waals surface area contributed by atoms with Crippen molar-refractivity contribution in [1.29, 1.82) is 0 Å². The number of rotatable bonds is 3. The van der Waals surface area contributed by atoms with Gasteiger partial charge in [-0.1, -0.05) is 54.6 Å². The second kappa shape index (κ2) is 6.48. The maximum absolute atomic E-state index is 12.1. The average molecular weight is 332 g/mol. The molecule has 0 unspecified atom stereocenters. The van der Waals surface area contributed by atoms with E-state index in [1.54, 1.807) is 7.05 Å². The Morgan fingerprint density at radius 1 is 1.08 bits per heavy atom. The van der Waals surface area contributed by atoms with Crippen LogP contribution >= 0.6 is 0 Å². The minimum Gasteiger partial charge on any atom is -0.477 e. The topological polar surface area (TPSA) is 41.6 Å². The summed E-state index contributed by atoms with van der Waals surface area (Å²) in [7, 11) is 1.64. The fourth-order valence-electron chi connectivity index (χ4n) is 3.39. The Hall–Kier alpha value is -3.01. The predicted octanol–water partition coefficient (Wildman–Crippen LogP) is 3.35. The molecule has 1 atom stereocenters. The Morgan fingerprint density at radius 3 is 2.72 bits per heavy atom. The van der Waals surface area contributed by atoms with Gasteiger partial charge in [0.15, 0.2) is 6.10 Å². The molecule has 0 aliphatic carbocycles. The number of nitrogens with one attached hydrogen (secondary N) is 1. The van der Waals surface area contributed by atoms with Gasteiger partial charge in [0.25, 0.3) is 5.91 Å². The smallest absolute Gasteiger partial charge is 0.262 e. The second-order valence-electron chi connectivity index (χ2n) is 6.21. The maximum atomic E-state index is 12.1. The van der Waals surface area contributed by atoms with Crippen molar-refractivity contribution >= 4 is 22.4 Å². The lowest BCUT2D eigenvalue weighted by molar-refractivity contribution is -0.127. The van der Waals surface area contributed by atoms with E-state index >= 15 is 0 Å². The first-order valence-electron chi connectivity index (χ1n) is 8.45. The first-order valence-corrected chi connectivity index (χ1v) is 8.45. The van der Waals surface area contributed by atoms with Crippen molar-refractivity contribution in [2.45, 2.75) is 12.6 Å². The molecule has 3 aromatic rings. The molecule has 0 aromatic heterocycles. The third-order valence-electron chi connectivity index (χ3n) is 4.64. The number of fused-ring (bicyclic) bond motifs is 2. The summed E-state index contributed by atoms with van der Waals surface area (Å²) in [6.45, 7) is 1.26. The molecule has 1 N–H and O–H groups in total. The zero-order valence-corrected chi connectivity index (χ0v) is 14.1. The van der Waals surface area contributed by atoms with Gasteiger partial charge in [0, 0.05) is 13.6 Å². The van der Waals surface area contributed by atoms with Crippen molar-refractivity contribution < 1.29 is 9.53 Å². The number of hydrogen-bond donors (Lipinski definition) is 1. The Kier molecular flexibility index (Phi) is 4.02. The Labute approximate surface area is 147 Å². The quantitative estimate of drug-likeness (QED) is 0.800. The Bertz CT molecular complexity index is 917. The number of carbonyl (C=O) groups is 1. The first kappa shape index (κ1) is 15.5. The lowest BCUT2D eigenvalue weighted by Crippen LogP contribution is -2.47. The summed E-state index contributed by atoms with van der Waals surface area (Å²) in [5.74, 6) is 0.653. The molecule has 4 heteroatoms. The van der Waals surface area contributed by atoms with Crippen molar-refractivity contribution in [2.24, 2.45) is 0 Å². The van der Waals surface area contributed by atoms with Gasteiger partial charge >= 0.3 is 0 Å². The van der Waals surface area contributed by atoms with E-state index in [4.69, 9.17) is 4.74 Å². The minimum atomic E-state index is -0.505. The normalized spacial score (nSPS) is 16.2. The summed E-state index contributed by atoms with van der Waals surface area (Å²) in [6, 6.07) is 22.6. The molecule has 1 heterocycles. The highest BCUT2D eigenvalue weighted by Crippen LogP contribution is 2.34. The van der Waals surface area contributed by atoms with E-state index in [0.717, 1.165) is 18.0 Å². The van der Waals surface area contributed by atoms with Crippen LogP contribution in [-0.4, -0.2) is 25.6 Å². The maximum Gasteiger partial charge on any atom is 0.262 e. The lowest BCUT2D eigenvalue weighted by Gasteiger charge is -2.35. The third-order valence-corrected chi connectivity index (χ3v) is 4.64. The summed E-state index contributed by atoms with van der Waals surface area (Å²) in [5, 5.41) is 5.16. The van der Waals surface area contributed by atoms with Gasteiger partial charge in [0.05, 0.1) is 12.2 Å². The Morgan fingerprint density at radius 2 is 1.84 bits per heavy atom. The van der Waals surface area contributed by atoms with Crippen molar-refractivity contribution in [1.82, 2.24) is 5.32 Å². The van der Waals surface area contributed by atoms with Crippen LogP contribution in [0, 0.1) is 0 Å². The van der Waals surface area contributed by atoms with Gasteiger partial charge in [-0.25, -0.2) is 0 Å². The fraction of sp³-hybridized carbons (Fsp3) is 0.190. The zero-order chi connectivity index (χ0) is 17.2. The van der Waals surface area contributed by atoms with Gasteiger partial charge < -0.3 is 15.0 Å². The SMILES string of the molecule is CNC(=O)[C@H]1CN(Cc2cccc3ccccc23)c2ccccc2O1. The first-order chi connectivity index (χ1) is 12.3. The van der Waals surface area contributed by atoms with Crippen LogP contribution in [-0.2, 0) is 11.3 Å². The molecule has 4 nitrogen and oxygen atoms in total. The second-order valence-corrected chi connectivity index (χ2v) is 6.21. The van der Waals surface area contributed by atoms with Crippen molar-refractivity contribution in [3.05, 3.63) is 72.3 Å². The zero-order valence-electron chi connectivity index (χ0n) is 14.1. The molecule has 126 valence electrons. The number of hydrogen-bond acceptors (Lipinski definition) is 3. The number of para-hydroxylation sites is 2. The van der Waals surface area contributed by atoms with Gasteiger partial charge in [-0.15, -0.1) is 0 Å². The van der Waals surface area contributed by atoms with Crippen molar-refractivity contribution in [3.63, 3.8) is 0 Å². The molecule has 1 aliphatic heterocycles. The molecule has 25 heavy (non-hydrogen) atoms. The number of nitrogens with zero attached hydrogens (tertiary/aromatic N) is 1. The van der Waals surface area contributed by atoms with Crippen LogP contribution in [0.1, 0.15) is 5.56 Å². The fourth-order valence-corrected chi connectivity index (χ4v) is 3.39. The summed E-state index contributed by atoms with van der Waals surface area (Å²) < 4.78 is 5.89. The molecule has 3 aromatic carbocycles. The number of ether oxygens (including phenoxy) is 1. The molecule has 4 rings (SSSR count). The highest BCUT2D eigenvalue weighted by molar-refractivity contribution is 5.86. The van der Waals surface area contributed by atoms with Crippen molar-refractivity contribution in [3.8, 4) is 5.75 Å². The summed E-state index contributed by atoms with van der Waals surface area (Å²) in [4.78, 5) is 14.3. The lowest BCUT2D eigenvalue weighted by atomic mass is 10.0. The summed E-state index contributed by atoms with van der Waals surface area (Å²) in [6.07, 6.45) is -0.505. The van der Waals surface area contributed by atoms with Crippen LogP contribution in [0.3, 0.4) is 0 Å². The predicted molar refractivity (Wildman–Crippen MR) is 99.9 cm³/mol. The van der Waals surface area contributed by atoms with Gasteiger partial charge in [0.2, 0.25) is 0 Å². The van der Waals surface area contributed by atoms with Gasteiger partial charge in [-0.3, -0.25) is 4.79 Å². The molecule has 0 bridgehead atoms. The monoisotopic (exact) mass is 332 g/mol. The number of amides is 1. The van der Waals surface area contributed by atoms with E-state index in [1.807, 2.05) is 24.3 Å². The minimum absolute atomic E-state index is 0.0996. The van der Waals surface area contributed by atoms with Crippen LogP contribution in [0.25, 0.3) is 10.8 Å². The Balaban J connectivity index is 1.72. The van der Waals surface area contributed by atoms with Crippen LogP contribution < -0.4 is 15.0 Å². The van der Waals surface area contributed by atoms with E-state index < -0.39 is 6.10 Å². The highest BCUT2D eigenvalue weighted by Gasteiger charge is 2.30. The number of likely N-dealkylation sites (N-methyl/N-ethyl adjacent to an activating group) is 1. The number of carbonyl (C=O) groups excluding carboxylic acids is 1. The van der Waals surface area contributed by atoms with Gasteiger partial charge in [-0.2, -0.15) is 0 Å². The van der Waals surface area contributed by atoms with Gasteiger partial charge in [0.1, 0.15) is 5.75 Å². The van der Waals surface area contributed by atoms with Crippen LogP contribution in [0.2, 0.25) is 0 Å². The van der Waals surface area contributed by atoms with E-state index in [1.165, 1.54) is 16.3 Å². The van der Waals surface area contributed by atoms with E-state index in [-0.39, 0.29) is 5.91 Å². The molecular formula is C21H20N2O2. The van der Waals surface area contributed by atoms with E-state index in [0.29, 0.717) is 6.54 Å². The standard InChI is InChI=1S/C21H20N2O2/c1-22-21(24)20-14-23(18-11-4-5-12-19(18)25-20)13-16-9-6-8-15-7-2-3-10-17(15)16/h2-12,20H,13-14H2,1H3,(H,22,24)/t20-/m1/s1. The summed E-state index contributed by atoms with van der Waals surface area (Å²) >= 11 is 0. The highest BCUT2D eigenvalue weighted by atomic mass is 16.5. The molecular weight excluding hydrogens is 312 g/mol. The van der Waals surface area contributed by atoms with Gasteiger partial charge in [-0.05, 0) is 28.5 Å². The van der Waals surface area contributed by atoms with Crippen LogP contribution in [0.4, 0.5) is 5.69 Å². The van der Waals surface area contributed by atoms with E-state index in [2.05, 4.69) is 52.7 Å². The van der Waals surface area contributed by atoms with Crippen molar-refractivity contribution in [2.75, 3.05) is 18.5 Å². The molecule has 0 saturated heterocycles. The molecule has 0 fully saturated rings. The molecule has 0 spiro atoms. The third kappa shape index (κ3) is 2.91.